The summed E-state index contributed by atoms with van der Waals surface area (Å²) in [4.78, 5) is 7.57. The van der Waals surface area contributed by atoms with E-state index >= 15 is 0 Å². The van der Waals surface area contributed by atoms with Crippen LogP contribution in [0.2, 0.25) is 4.34 Å². The molecule has 6 heteroatoms. The maximum atomic E-state index is 5.94. The van der Waals surface area contributed by atoms with Crippen LogP contribution in [0.3, 0.4) is 0 Å². The Morgan fingerprint density at radius 1 is 1.45 bits per heavy atom. The van der Waals surface area contributed by atoms with Gasteiger partial charge in [0.15, 0.2) is 5.96 Å². The zero-order chi connectivity index (χ0) is 14.4. The second-order valence-electron chi connectivity index (χ2n) is 4.37. The summed E-state index contributed by atoms with van der Waals surface area (Å²) in [5.74, 6) is 1.83. The molecule has 1 N–H and O–H groups in total. The predicted molar refractivity (Wildman–Crippen MR) is 84.6 cm³/mol. The Kier molecular flexibility index (Phi) is 5.49. The Labute approximate surface area is 128 Å². The van der Waals surface area contributed by atoms with Gasteiger partial charge >= 0.3 is 0 Å². The summed E-state index contributed by atoms with van der Waals surface area (Å²) in [6.07, 6.45) is 2.53. The van der Waals surface area contributed by atoms with Gasteiger partial charge in [-0.05, 0) is 24.3 Å². The number of guanidine groups is 1. The molecule has 0 aliphatic heterocycles. The molecule has 2 rings (SSSR count). The lowest BCUT2D eigenvalue weighted by molar-refractivity contribution is 0.473. The van der Waals surface area contributed by atoms with E-state index in [9.17, 15) is 0 Å². The van der Waals surface area contributed by atoms with Crippen LogP contribution in [0, 0.1) is 0 Å². The average molecular weight is 312 g/mol. The third kappa shape index (κ3) is 4.28. The van der Waals surface area contributed by atoms with Crippen LogP contribution in [0.5, 0.6) is 0 Å². The zero-order valence-electron chi connectivity index (χ0n) is 11.6. The van der Waals surface area contributed by atoms with Crippen LogP contribution >= 0.6 is 22.9 Å². The van der Waals surface area contributed by atoms with E-state index in [0.717, 1.165) is 35.6 Å². The molecule has 20 heavy (non-hydrogen) atoms. The van der Waals surface area contributed by atoms with Gasteiger partial charge in [0, 0.05) is 31.9 Å². The number of nitrogens with one attached hydrogen (secondary N) is 1. The summed E-state index contributed by atoms with van der Waals surface area (Å²) in [5, 5.41) is 3.32. The number of halogens is 1. The predicted octanol–water partition coefficient (Wildman–Crippen LogP) is 3.24. The standard InChI is InChI=1S/C14H18ClN3OS/c1-16-14(17-8-7-11-4-3-9-19-11)18(2)10-12-5-6-13(15)20-12/h3-6,9H,7-8,10H2,1-2H3,(H,16,17). The Bertz CT molecular complexity index is 551. The number of hydrogen-bond acceptors (Lipinski definition) is 3. The highest BCUT2D eigenvalue weighted by Crippen LogP contribution is 2.22. The molecule has 2 heterocycles. The van der Waals surface area contributed by atoms with Crippen molar-refractivity contribution < 1.29 is 4.42 Å². The van der Waals surface area contributed by atoms with Gasteiger partial charge in [-0.15, -0.1) is 11.3 Å². The lowest BCUT2D eigenvalue weighted by Gasteiger charge is -2.21. The Morgan fingerprint density at radius 2 is 2.30 bits per heavy atom. The number of aliphatic imine (C=N–C) groups is 1. The van der Waals surface area contributed by atoms with Crippen molar-refractivity contribution in [2.75, 3.05) is 20.6 Å². The van der Waals surface area contributed by atoms with E-state index in [0.29, 0.717) is 0 Å². The van der Waals surface area contributed by atoms with E-state index in [-0.39, 0.29) is 0 Å². The normalized spacial score (nSPS) is 11.7. The van der Waals surface area contributed by atoms with Crippen LogP contribution < -0.4 is 5.32 Å². The summed E-state index contributed by atoms with van der Waals surface area (Å²) < 4.78 is 6.12. The van der Waals surface area contributed by atoms with Crippen LogP contribution in [-0.2, 0) is 13.0 Å². The number of rotatable bonds is 5. The van der Waals surface area contributed by atoms with Gasteiger partial charge < -0.3 is 14.6 Å². The highest BCUT2D eigenvalue weighted by molar-refractivity contribution is 7.16. The molecule has 0 fully saturated rings. The summed E-state index contributed by atoms with van der Waals surface area (Å²) in [6, 6.07) is 7.83. The number of thiophene rings is 1. The molecule has 0 bridgehead atoms. The molecule has 0 unspecified atom stereocenters. The lowest BCUT2D eigenvalue weighted by Crippen LogP contribution is -2.39. The van der Waals surface area contributed by atoms with Gasteiger partial charge in [-0.1, -0.05) is 11.6 Å². The molecule has 0 spiro atoms. The van der Waals surface area contributed by atoms with E-state index in [4.69, 9.17) is 16.0 Å². The first-order chi connectivity index (χ1) is 9.69. The third-order valence-corrected chi connectivity index (χ3v) is 4.05. The van der Waals surface area contributed by atoms with Gasteiger partial charge in [0.2, 0.25) is 0 Å². The highest BCUT2D eigenvalue weighted by Gasteiger charge is 2.08. The van der Waals surface area contributed by atoms with Crippen molar-refractivity contribution in [3.05, 3.63) is 45.5 Å². The average Bonchev–Trinajstić information content (AvgIpc) is 3.06. The topological polar surface area (TPSA) is 40.8 Å². The summed E-state index contributed by atoms with van der Waals surface area (Å²) in [5.41, 5.74) is 0. The fourth-order valence-corrected chi connectivity index (χ4v) is 3.02. The monoisotopic (exact) mass is 311 g/mol. The summed E-state index contributed by atoms with van der Waals surface area (Å²) in [6.45, 7) is 1.58. The minimum absolute atomic E-state index is 0.787. The van der Waals surface area contributed by atoms with Crippen molar-refractivity contribution in [2.45, 2.75) is 13.0 Å². The van der Waals surface area contributed by atoms with Crippen LogP contribution in [0.25, 0.3) is 0 Å². The van der Waals surface area contributed by atoms with Crippen molar-refractivity contribution >= 4 is 28.9 Å². The van der Waals surface area contributed by atoms with Gasteiger partial charge in [0.1, 0.15) is 5.76 Å². The van der Waals surface area contributed by atoms with Gasteiger partial charge in [-0.3, -0.25) is 4.99 Å². The van der Waals surface area contributed by atoms with Crippen molar-refractivity contribution in [1.29, 1.82) is 0 Å². The lowest BCUT2D eigenvalue weighted by atomic mass is 10.3. The first-order valence-corrected chi connectivity index (χ1v) is 7.57. The second kappa shape index (κ2) is 7.36. The molecule has 0 aliphatic carbocycles. The van der Waals surface area contributed by atoms with Crippen molar-refractivity contribution in [2.24, 2.45) is 4.99 Å². The van der Waals surface area contributed by atoms with Crippen molar-refractivity contribution in [3.63, 3.8) is 0 Å². The quantitative estimate of drug-likeness (QED) is 0.681. The number of hydrogen-bond donors (Lipinski definition) is 1. The molecule has 4 nitrogen and oxygen atoms in total. The van der Waals surface area contributed by atoms with E-state index < -0.39 is 0 Å². The largest absolute Gasteiger partial charge is 0.469 e. The highest BCUT2D eigenvalue weighted by atomic mass is 35.5. The van der Waals surface area contributed by atoms with Gasteiger partial charge in [-0.25, -0.2) is 0 Å². The molecule has 0 aliphatic rings. The smallest absolute Gasteiger partial charge is 0.193 e. The molecule has 0 aromatic carbocycles. The summed E-state index contributed by atoms with van der Waals surface area (Å²) in [7, 11) is 3.79. The van der Waals surface area contributed by atoms with Crippen LogP contribution in [0.4, 0.5) is 0 Å². The molecule has 0 saturated heterocycles. The molecule has 0 atom stereocenters. The van der Waals surface area contributed by atoms with Crippen LogP contribution in [-0.4, -0.2) is 31.5 Å². The van der Waals surface area contributed by atoms with Gasteiger partial charge in [-0.2, -0.15) is 0 Å². The fourth-order valence-electron chi connectivity index (χ4n) is 1.88. The molecule has 0 saturated carbocycles. The first kappa shape index (κ1) is 14.9. The Balaban J connectivity index is 1.81. The molecule has 2 aromatic heterocycles. The maximum Gasteiger partial charge on any atom is 0.193 e. The number of nitrogens with zero attached hydrogens (tertiary/aromatic N) is 2. The summed E-state index contributed by atoms with van der Waals surface area (Å²) >= 11 is 7.53. The van der Waals surface area contributed by atoms with E-state index in [1.54, 1.807) is 24.6 Å². The third-order valence-electron chi connectivity index (χ3n) is 2.83. The zero-order valence-corrected chi connectivity index (χ0v) is 13.2. The first-order valence-electron chi connectivity index (χ1n) is 6.37. The second-order valence-corrected chi connectivity index (χ2v) is 6.16. The van der Waals surface area contributed by atoms with E-state index in [1.807, 2.05) is 31.3 Å². The molecule has 108 valence electrons. The molecule has 2 aromatic rings. The van der Waals surface area contributed by atoms with Crippen LogP contribution in [0.1, 0.15) is 10.6 Å². The minimum Gasteiger partial charge on any atom is -0.469 e. The van der Waals surface area contributed by atoms with Crippen molar-refractivity contribution in [3.8, 4) is 0 Å². The van der Waals surface area contributed by atoms with E-state index in [2.05, 4.69) is 15.2 Å². The SMILES string of the molecule is CN=C(NCCc1ccco1)N(C)Cc1ccc(Cl)s1. The van der Waals surface area contributed by atoms with Crippen LogP contribution in [0.15, 0.2) is 39.9 Å². The van der Waals surface area contributed by atoms with Crippen molar-refractivity contribution in [1.82, 2.24) is 10.2 Å². The maximum absolute atomic E-state index is 5.94. The van der Waals surface area contributed by atoms with E-state index in [1.165, 1.54) is 4.88 Å². The number of furan rings is 1. The Morgan fingerprint density at radius 3 is 2.90 bits per heavy atom. The molecule has 0 radical (unpaired) electrons. The molecule has 0 amide bonds. The molecular weight excluding hydrogens is 294 g/mol. The van der Waals surface area contributed by atoms with Gasteiger partial charge in [0.05, 0.1) is 17.1 Å². The molecular formula is C14H18ClN3OS. The minimum atomic E-state index is 0.787. The van der Waals surface area contributed by atoms with Gasteiger partial charge in [0.25, 0.3) is 0 Å². The Hall–Kier alpha value is -1.46. The fraction of sp³-hybridized carbons (Fsp3) is 0.357.